The highest BCUT2D eigenvalue weighted by molar-refractivity contribution is 7.98. The van der Waals surface area contributed by atoms with Gasteiger partial charge in [0.25, 0.3) is 0 Å². The van der Waals surface area contributed by atoms with Crippen LogP contribution in [0.25, 0.3) is 0 Å². The first-order chi connectivity index (χ1) is 10.2. The summed E-state index contributed by atoms with van der Waals surface area (Å²) in [6.45, 7) is 6.11. The van der Waals surface area contributed by atoms with Gasteiger partial charge in [0.05, 0.1) is 11.1 Å². The molecular weight excluding hydrogens is 306 g/mol. The molecule has 2 rings (SSSR count). The molecule has 1 aliphatic rings. The fraction of sp³-hybridized carbons (Fsp3) is 0.714. The molecule has 0 bridgehead atoms. The summed E-state index contributed by atoms with van der Waals surface area (Å²) in [6.07, 6.45) is 6.42. The van der Waals surface area contributed by atoms with Gasteiger partial charge >= 0.3 is 0 Å². The number of thioether (sulfide) groups is 1. The maximum Gasteiger partial charge on any atom is 0.228 e. The molecule has 0 saturated carbocycles. The maximum absolute atomic E-state index is 6.22. The van der Waals surface area contributed by atoms with Crippen molar-refractivity contribution in [1.29, 1.82) is 0 Å². The van der Waals surface area contributed by atoms with E-state index in [1.54, 1.807) is 11.8 Å². The Kier molecular flexibility index (Phi) is 6.54. The number of hydrogen-bond acceptors (Lipinski definition) is 6. The second-order valence-electron chi connectivity index (χ2n) is 5.31. The van der Waals surface area contributed by atoms with Crippen LogP contribution in [0.5, 0.6) is 0 Å². The monoisotopic (exact) mass is 329 g/mol. The second-order valence-corrected chi connectivity index (χ2v) is 6.51. The van der Waals surface area contributed by atoms with Gasteiger partial charge in [0.1, 0.15) is 5.15 Å². The SMILES string of the molecule is CCCCNC1CN(C)CCN1c1ncc(SC)c(Cl)n1. The Morgan fingerprint density at radius 3 is 2.95 bits per heavy atom. The molecule has 21 heavy (non-hydrogen) atoms. The van der Waals surface area contributed by atoms with Gasteiger partial charge in [-0.3, -0.25) is 5.32 Å². The van der Waals surface area contributed by atoms with E-state index in [4.69, 9.17) is 11.6 Å². The molecule has 1 atom stereocenters. The number of likely N-dealkylation sites (N-methyl/N-ethyl adjacent to an activating group) is 1. The van der Waals surface area contributed by atoms with E-state index in [1.807, 2.05) is 12.5 Å². The summed E-state index contributed by atoms with van der Waals surface area (Å²) in [6, 6.07) is 0. The van der Waals surface area contributed by atoms with Crippen molar-refractivity contribution in [2.24, 2.45) is 0 Å². The Hall–Kier alpha value is -0.560. The number of rotatable bonds is 6. The first-order valence-corrected chi connectivity index (χ1v) is 9.01. The number of hydrogen-bond donors (Lipinski definition) is 1. The van der Waals surface area contributed by atoms with Crippen molar-refractivity contribution < 1.29 is 0 Å². The molecule has 1 N–H and O–H groups in total. The fourth-order valence-electron chi connectivity index (χ4n) is 2.40. The van der Waals surface area contributed by atoms with Crippen LogP contribution < -0.4 is 10.2 Å². The Balaban J connectivity index is 2.12. The van der Waals surface area contributed by atoms with Gasteiger partial charge in [0, 0.05) is 25.8 Å². The minimum atomic E-state index is 0.242. The normalized spacial score (nSPS) is 20.0. The minimum absolute atomic E-state index is 0.242. The van der Waals surface area contributed by atoms with Gasteiger partial charge in [-0.1, -0.05) is 24.9 Å². The Morgan fingerprint density at radius 2 is 2.29 bits per heavy atom. The van der Waals surface area contributed by atoms with Crippen LogP contribution in [0.15, 0.2) is 11.1 Å². The fourth-order valence-corrected chi connectivity index (χ4v) is 3.12. The minimum Gasteiger partial charge on any atom is -0.323 e. The summed E-state index contributed by atoms with van der Waals surface area (Å²) in [7, 11) is 2.15. The Morgan fingerprint density at radius 1 is 1.48 bits per heavy atom. The van der Waals surface area contributed by atoms with Crippen molar-refractivity contribution in [1.82, 2.24) is 20.2 Å². The van der Waals surface area contributed by atoms with Gasteiger partial charge in [-0.25, -0.2) is 4.98 Å². The van der Waals surface area contributed by atoms with Crippen LogP contribution in [0.4, 0.5) is 5.95 Å². The van der Waals surface area contributed by atoms with Crippen LogP contribution in [0.2, 0.25) is 5.15 Å². The van der Waals surface area contributed by atoms with Crippen molar-refractivity contribution in [3.8, 4) is 0 Å². The molecule has 1 aromatic heterocycles. The first kappa shape index (κ1) is 16.8. The average Bonchev–Trinajstić information content (AvgIpc) is 2.47. The summed E-state index contributed by atoms with van der Waals surface area (Å²) in [5.41, 5.74) is 0. The van der Waals surface area contributed by atoms with Crippen molar-refractivity contribution in [2.45, 2.75) is 30.8 Å². The quantitative estimate of drug-likeness (QED) is 0.491. The molecule has 1 saturated heterocycles. The number of anilines is 1. The van der Waals surface area contributed by atoms with Crippen LogP contribution >= 0.6 is 23.4 Å². The molecule has 7 heteroatoms. The maximum atomic E-state index is 6.22. The smallest absolute Gasteiger partial charge is 0.228 e. The summed E-state index contributed by atoms with van der Waals surface area (Å²) in [5.74, 6) is 0.722. The molecule has 1 aromatic rings. The molecule has 1 fully saturated rings. The number of nitrogens with zero attached hydrogens (tertiary/aromatic N) is 4. The molecule has 0 aromatic carbocycles. The number of aromatic nitrogens is 2. The highest BCUT2D eigenvalue weighted by atomic mass is 35.5. The third kappa shape index (κ3) is 4.45. The van der Waals surface area contributed by atoms with Crippen LogP contribution in [-0.4, -0.2) is 60.5 Å². The van der Waals surface area contributed by atoms with Crippen molar-refractivity contribution in [2.75, 3.05) is 44.4 Å². The Labute approximate surface area is 136 Å². The van der Waals surface area contributed by atoms with E-state index in [2.05, 4.69) is 39.1 Å². The number of nitrogens with one attached hydrogen (secondary N) is 1. The molecule has 0 spiro atoms. The standard InChI is InChI=1S/C14H24ClN5S/c1-4-5-6-16-12-10-19(2)7-8-20(12)14-17-9-11(21-3)13(15)18-14/h9,12,16H,4-8,10H2,1-3H3. The molecule has 1 aliphatic heterocycles. The van der Waals surface area contributed by atoms with Gasteiger partial charge in [-0.15, -0.1) is 11.8 Å². The number of halogens is 1. The van der Waals surface area contributed by atoms with Gasteiger partial charge in [-0.05, 0) is 26.3 Å². The van der Waals surface area contributed by atoms with Gasteiger partial charge in [-0.2, -0.15) is 4.98 Å². The first-order valence-electron chi connectivity index (χ1n) is 7.40. The second kappa shape index (κ2) is 8.17. The number of unbranched alkanes of at least 4 members (excludes halogenated alkanes) is 1. The molecule has 118 valence electrons. The third-order valence-electron chi connectivity index (χ3n) is 3.67. The van der Waals surface area contributed by atoms with Crippen LogP contribution in [0.1, 0.15) is 19.8 Å². The predicted molar refractivity (Wildman–Crippen MR) is 90.4 cm³/mol. The highest BCUT2D eigenvalue weighted by Crippen LogP contribution is 2.25. The number of piperazine rings is 1. The summed E-state index contributed by atoms with van der Waals surface area (Å²) in [5, 5.41) is 4.15. The predicted octanol–water partition coefficient (Wildman–Crippen LogP) is 2.32. The largest absolute Gasteiger partial charge is 0.323 e. The molecule has 0 amide bonds. The van der Waals surface area contributed by atoms with Gasteiger partial charge in [0.2, 0.25) is 5.95 Å². The van der Waals surface area contributed by atoms with Crippen molar-refractivity contribution >= 4 is 29.3 Å². The zero-order chi connectivity index (χ0) is 15.2. The van der Waals surface area contributed by atoms with E-state index >= 15 is 0 Å². The lowest BCUT2D eigenvalue weighted by Gasteiger charge is -2.40. The summed E-state index contributed by atoms with van der Waals surface area (Å²) >= 11 is 7.79. The third-order valence-corrected chi connectivity index (χ3v) is 4.81. The van der Waals surface area contributed by atoms with Crippen molar-refractivity contribution in [3.63, 3.8) is 0 Å². The van der Waals surface area contributed by atoms with Crippen LogP contribution in [0.3, 0.4) is 0 Å². The lowest BCUT2D eigenvalue weighted by atomic mass is 10.2. The molecule has 0 radical (unpaired) electrons. The van der Waals surface area contributed by atoms with Crippen LogP contribution in [0, 0.1) is 0 Å². The van der Waals surface area contributed by atoms with E-state index < -0.39 is 0 Å². The van der Waals surface area contributed by atoms with Crippen LogP contribution in [-0.2, 0) is 0 Å². The zero-order valence-electron chi connectivity index (χ0n) is 13.0. The topological polar surface area (TPSA) is 44.3 Å². The molecular formula is C14H24ClN5S. The molecule has 5 nitrogen and oxygen atoms in total. The van der Waals surface area contributed by atoms with E-state index in [9.17, 15) is 0 Å². The molecule has 0 aliphatic carbocycles. The summed E-state index contributed by atoms with van der Waals surface area (Å²) in [4.78, 5) is 14.4. The van der Waals surface area contributed by atoms with E-state index in [0.29, 0.717) is 5.15 Å². The highest BCUT2D eigenvalue weighted by Gasteiger charge is 2.27. The lowest BCUT2D eigenvalue weighted by molar-refractivity contribution is 0.242. The van der Waals surface area contributed by atoms with Crippen molar-refractivity contribution in [3.05, 3.63) is 11.3 Å². The van der Waals surface area contributed by atoms with Gasteiger partial charge in [0.15, 0.2) is 0 Å². The summed E-state index contributed by atoms with van der Waals surface area (Å²) < 4.78 is 0. The zero-order valence-corrected chi connectivity index (χ0v) is 14.5. The average molecular weight is 330 g/mol. The van der Waals surface area contributed by atoms with Gasteiger partial charge < -0.3 is 9.80 Å². The van der Waals surface area contributed by atoms with E-state index in [-0.39, 0.29) is 6.17 Å². The van der Waals surface area contributed by atoms with E-state index in [0.717, 1.165) is 37.0 Å². The molecule has 1 unspecified atom stereocenters. The lowest BCUT2D eigenvalue weighted by Crippen LogP contribution is -2.59. The Bertz CT molecular complexity index is 459. The molecule has 2 heterocycles. The van der Waals surface area contributed by atoms with E-state index in [1.165, 1.54) is 12.8 Å².